The molecular weight excluding hydrogens is 395 g/mol. The van der Waals surface area contributed by atoms with Gasteiger partial charge in [0.1, 0.15) is 5.82 Å². The molecule has 0 saturated carbocycles. The summed E-state index contributed by atoms with van der Waals surface area (Å²) in [6.45, 7) is 7.64. The van der Waals surface area contributed by atoms with Crippen LogP contribution in [-0.4, -0.2) is 54.2 Å². The molecule has 1 unspecified atom stereocenters. The van der Waals surface area contributed by atoms with E-state index in [2.05, 4.69) is 18.7 Å². The molecule has 1 heterocycles. The smallest absolute Gasteiger partial charge is 0.256 e. The van der Waals surface area contributed by atoms with E-state index in [1.54, 1.807) is 17.8 Å². The summed E-state index contributed by atoms with van der Waals surface area (Å²) < 4.78 is 15.0. The first-order valence-corrected chi connectivity index (χ1v) is 12.2. The largest absolute Gasteiger partial charge is 0.337 e. The number of carbonyl (C=O) groups excluding carboxylic acids is 1. The summed E-state index contributed by atoms with van der Waals surface area (Å²) in [4.78, 5) is 18.6. The van der Waals surface area contributed by atoms with E-state index in [4.69, 9.17) is 0 Å². The summed E-state index contributed by atoms with van der Waals surface area (Å²) >= 11 is 1.68. The second-order valence-corrected chi connectivity index (χ2v) is 8.98. The van der Waals surface area contributed by atoms with E-state index in [0.717, 1.165) is 37.1 Å². The van der Waals surface area contributed by atoms with E-state index in [1.807, 2.05) is 41.5 Å². The van der Waals surface area contributed by atoms with Crippen molar-refractivity contribution in [1.29, 1.82) is 0 Å². The fraction of sp³-hybridized carbons (Fsp3) is 0.480. The van der Waals surface area contributed by atoms with Crippen LogP contribution in [0.2, 0.25) is 0 Å². The van der Waals surface area contributed by atoms with Gasteiger partial charge in [-0.3, -0.25) is 9.69 Å². The molecule has 5 heteroatoms. The highest BCUT2D eigenvalue weighted by Gasteiger charge is 2.23. The Labute approximate surface area is 184 Å². The molecule has 2 aromatic carbocycles. The van der Waals surface area contributed by atoms with Crippen LogP contribution in [0.25, 0.3) is 11.1 Å². The first-order valence-electron chi connectivity index (χ1n) is 11.0. The zero-order valence-electron chi connectivity index (χ0n) is 18.4. The topological polar surface area (TPSA) is 23.6 Å². The SMILES string of the molecule is CCCCN(CCN1CCCC1C)C(=O)c1ccc(-c2ccc(SC)cc2)cc1F. The van der Waals surface area contributed by atoms with Crippen LogP contribution in [0.15, 0.2) is 47.4 Å². The highest BCUT2D eigenvalue weighted by atomic mass is 32.2. The number of unbranched alkanes of at least 4 members (excludes halogenated alkanes) is 1. The number of carbonyl (C=O) groups is 1. The van der Waals surface area contributed by atoms with Gasteiger partial charge in [0.15, 0.2) is 0 Å². The summed E-state index contributed by atoms with van der Waals surface area (Å²) in [5.41, 5.74) is 1.92. The maximum absolute atomic E-state index is 15.0. The average Bonchev–Trinajstić information content (AvgIpc) is 3.18. The second-order valence-electron chi connectivity index (χ2n) is 8.10. The molecule has 0 bridgehead atoms. The molecule has 0 aliphatic carbocycles. The van der Waals surface area contributed by atoms with Gasteiger partial charge in [-0.25, -0.2) is 4.39 Å². The highest BCUT2D eigenvalue weighted by molar-refractivity contribution is 7.98. The molecule has 3 nitrogen and oxygen atoms in total. The van der Waals surface area contributed by atoms with Gasteiger partial charge in [-0.2, -0.15) is 0 Å². The molecule has 1 atom stereocenters. The number of thioether (sulfide) groups is 1. The molecular formula is C25H33FN2OS. The zero-order valence-corrected chi connectivity index (χ0v) is 19.2. The van der Waals surface area contributed by atoms with Gasteiger partial charge in [0.25, 0.3) is 5.91 Å². The van der Waals surface area contributed by atoms with Crippen LogP contribution in [0.4, 0.5) is 4.39 Å². The van der Waals surface area contributed by atoms with Crippen LogP contribution < -0.4 is 0 Å². The quantitative estimate of drug-likeness (QED) is 0.462. The number of halogens is 1. The van der Waals surface area contributed by atoms with Crippen molar-refractivity contribution in [3.05, 3.63) is 53.8 Å². The molecule has 2 aromatic rings. The van der Waals surface area contributed by atoms with Crippen molar-refractivity contribution in [1.82, 2.24) is 9.80 Å². The van der Waals surface area contributed by atoms with E-state index in [1.165, 1.54) is 23.8 Å². The Balaban J connectivity index is 1.74. The van der Waals surface area contributed by atoms with E-state index >= 15 is 0 Å². The van der Waals surface area contributed by atoms with Gasteiger partial charge < -0.3 is 4.90 Å². The first-order chi connectivity index (χ1) is 14.5. The van der Waals surface area contributed by atoms with Crippen molar-refractivity contribution in [2.75, 3.05) is 32.4 Å². The maximum atomic E-state index is 15.0. The lowest BCUT2D eigenvalue weighted by molar-refractivity contribution is 0.0726. The normalized spacial score (nSPS) is 16.7. The molecule has 1 amide bonds. The lowest BCUT2D eigenvalue weighted by Gasteiger charge is -2.28. The Morgan fingerprint density at radius 3 is 2.50 bits per heavy atom. The summed E-state index contributed by atoms with van der Waals surface area (Å²) in [5.74, 6) is -0.639. The van der Waals surface area contributed by atoms with Crippen molar-refractivity contribution in [3.63, 3.8) is 0 Å². The third kappa shape index (κ3) is 5.64. The Morgan fingerprint density at radius 2 is 1.90 bits per heavy atom. The third-order valence-electron chi connectivity index (χ3n) is 6.04. The molecule has 162 valence electrons. The molecule has 30 heavy (non-hydrogen) atoms. The van der Waals surface area contributed by atoms with Crippen LogP contribution in [0.3, 0.4) is 0 Å². The second kappa shape index (κ2) is 11.0. The van der Waals surface area contributed by atoms with Crippen LogP contribution >= 0.6 is 11.8 Å². The first kappa shape index (κ1) is 22.8. The molecule has 1 fully saturated rings. The number of hydrogen-bond acceptors (Lipinski definition) is 3. The molecule has 0 radical (unpaired) electrons. The number of benzene rings is 2. The average molecular weight is 429 g/mol. The summed E-state index contributed by atoms with van der Waals surface area (Å²) in [6.07, 6.45) is 6.42. The van der Waals surface area contributed by atoms with Crippen molar-refractivity contribution in [2.45, 2.75) is 50.5 Å². The minimum absolute atomic E-state index is 0.171. The number of rotatable bonds is 9. The molecule has 0 aromatic heterocycles. The highest BCUT2D eigenvalue weighted by Crippen LogP contribution is 2.25. The van der Waals surface area contributed by atoms with Gasteiger partial charge in [0.05, 0.1) is 5.56 Å². The summed E-state index contributed by atoms with van der Waals surface area (Å²) in [5, 5.41) is 0. The molecule has 0 N–H and O–H groups in total. The van der Waals surface area contributed by atoms with Crippen LogP contribution in [0, 0.1) is 5.82 Å². The number of amides is 1. The van der Waals surface area contributed by atoms with E-state index < -0.39 is 5.82 Å². The van der Waals surface area contributed by atoms with Crippen LogP contribution in [0.1, 0.15) is 49.9 Å². The van der Waals surface area contributed by atoms with Crippen molar-refractivity contribution in [3.8, 4) is 11.1 Å². The van der Waals surface area contributed by atoms with Gasteiger partial charge in [0, 0.05) is 30.6 Å². The number of nitrogens with zero attached hydrogens (tertiary/aromatic N) is 2. The van der Waals surface area contributed by atoms with E-state index in [-0.39, 0.29) is 11.5 Å². The van der Waals surface area contributed by atoms with Crippen molar-refractivity contribution in [2.24, 2.45) is 0 Å². The molecule has 3 rings (SSSR count). The monoisotopic (exact) mass is 428 g/mol. The molecule has 0 spiro atoms. The summed E-state index contributed by atoms with van der Waals surface area (Å²) in [7, 11) is 0. The fourth-order valence-corrected chi connectivity index (χ4v) is 4.47. The van der Waals surface area contributed by atoms with Crippen molar-refractivity contribution < 1.29 is 9.18 Å². The maximum Gasteiger partial charge on any atom is 0.256 e. The van der Waals surface area contributed by atoms with Crippen LogP contribution in [0.5, 0.6) is 0 Å². The minimum atomic E-state index is -0.442. The summed E-state index contributed by atoms with van der Waals surface area (Å²) in [6, 6.07) is 13.6. The third-order valence-corrected chi connectivity index (χ3v) is 6.78. The number of hydrogen-bond donors (Lipinski definition) is 0. The standard InChI is InChI=1S/C25H33FN2OS/c1-4-5-14-28(17-16-27-15-6-7-19(27)2)25(29)23-13-10-21(18-24(23)26)20-8-11-22(30-3)12-9-20/h8-13,18-19H,4-7,14-17H2,1-3H3. The Bertz CT molecular complexity index is 840. The Kier molecular flexibility index (Phi) is 8.34. The lowest BCUT2D eigenvalue weighted by Crippen LogP contribution is -2.40. The van der Waals surface area contributed by atoms with Gasteiger partial charge >= 0.3 is 0 Å². The minimum Gasteiger partial charge on any atom is -0.337 e. The van der Waals surface area contributed by atoms with Gasteiger partial charge in [-0.05, 0) is 74.4 Å². The molecule has 1 saturated heterocycles. The number of likely N-dealkylation sites (tertiary alicyclic amines) is 1. The van der Waals surface area contributed by atoms with Gasteiger partial charge in [-0.1, -0.05) is 31.5 Å². The molecule has 1 aliphatic heterocycles. The van der Waals surface area contributed by atoms with Crippen molar-refractivity contribution >= 4 is 17.7 Å². The molecule has 1 aliphatic rings. The van der Waals surface area contributed by atoms with E-state index in [9.17, 15) is 9.18 Å². The zero-order chi connectivity index (χ0) is 21.5. The lowest BCUT2D eigenvalue weighted by atomic mass is 10.0. The van der Waals surface area contributed by atoms with E-state index in [0.29, 0.717) is 19.1 Å². The fourth-order valence-electron chi connectivity index (χ4n) is 4.06. The van der Waals surface area contributed by atoms with Gasteiger partial charge in [0.2, 0.25) is 0 Å². The van der Waals surface area contributed by atoms with Crippen LogP contribution in [-0.2, 0) is 0 Å². The predicted octanol–water partition coefficient (Wildman–Crippen LogP) is 5.94. The Hall–Kier alpha value is -1.85. The van der Waals surface area contributed by atoms with Gasteiger partial charge in [-0.15, -0.1) is 11.8 Å². The predicted molar refractivity (Wildman–Crippen MR) is 125 cm³/mol. The Morgan fingerprint density at radius 1 is 1.17 bits per heavy atom.